The number of fused-ring (bicyclic) bond motifs is 1. The van der Waals surface area contributed by atoms with Crippen LogP contribution in [0, 0.1) is 6.92 Å². The molecule has 0 bridgehead atoms. The fourth-order valence-corrected chi connectivity index (χ4v) is 6.55. The number of rotatable bonds is 9. The number of nitrogens with zero attached hydrogens (tertiary/aromatic N) is 5. The molecule has 4 aromatic rings. The molecule has 0 aliphatic carbocycles. The maximum atomic E-state index is 14.0. The zero-order chi connectivity index (χ0) is 30.6. The first kappa shape index (κ1) is 29.7. The summed E-state index contributed by atoms with van der Waals surface area (Å²) in [7, 11) is 0. The van der Waals surface area contributed by atoms with Gasteiger partial charge in [-0.3, -0.25) is 28.6 Å². The third kappa shape index (κ3) is 6.31. The quantitative estimate of drug-likeness (QED) is 0.308. The summed E-state index contributed by atoms with van der Waals surface area (Å²) in [5.41, 5.74) is 4.57. The molecule has 0 radical (unpaired) electrons. The van der Waals surface area contributed by atoms with Gasteiger partial charge in [-0.05, 0) is 49.4 Å². The van der Waals surface area contributed by atoms with Gasteiger partial charge in [0.15, 0.2) is 5.82 Å². The first-order chi connectivity index (χ1) is 21.4. The van der Waals surface area contributed by atoms with Crippen LogP contribution in [0.1, 0.15) is 61.7 Å². The molecule has 1 atom stereocenters. The van der Waals surface area contributed by atoms with Crippen LogP contribution in [-0.2, 0) is 24.2 Å². The molecule has 1 amide bonds. The summed E-state index contributed by atoms with van der Waals surface area (Å²) in [4.78, 5) is 51.0. The van der Waals surface area contributed by atoms with Crippen molar-refractivity contribution in [2.45, 2.75) is 71.4 Å². The Morgan fingerprint density at radius 2 is 1.82 bits per heavy atom. The number of piperidine rings is 1. The summed E-state index contributed by atoms with van der Waals surface area (Å²) >= 11 is 0. The van der Waals surface area contributed by atoms with E-state index in [-0.39, 0.29) is 17.9 Å². The smallest absolute Gasteiger partial charge is 0.340 e. The highest BCUT2D eigenvalue weighted by molar-refractivity contribution is 5.80. The van der Waals surface area contributed by atoms with E-state index >= 15 is 0 Å². The van der Waals surface area contributed by atoms with Gasteiger partial charge >= 0.3 is 5.76 Å². The molecule has 2 aromatic carbocycles. The topological polar surface area (TPSA) is 117 Å². The number of carbonyl (C=O) groups is 1. The molecule has 2 fully saturated rings. The van der Waals surface area contributed by atoms with Crippen molar-refractivity contribution in [1.29, 1.82) is 0 Å². The average molecular weight is 597 g/mol. The Bertz CT molecular complexity index is 1740. The highest BCUT2D eigenvalue weighted by Gasteiger charge is 2.31. The molecule has 230 valence electrons. The van der Waals surface area contributed by atoms with Crippen LogP contribution in [-0.4, -0.2) is 67.6 Å². The number of nitrogens with one attached hydrogen (secondary N) is 1. The molecule has 2 saturated heterocycles. The molecule has 44 heavy (non-hydrogen) atoms. The van der Waals surface area contributed by atoms with Gasteiger partial charge in [0.1, 0.15) is 5.82 Å². The number of aromatic amines is 1. The van der Waals surface area contributed by atoms with E-state index in [2.05, 4.69) is 22.0 Å². The van der Waals surface area contributed by atoms with Crippen LogP contribution in [0.15, 0.2) is 62.6 Å². The summed E-state index contributed by atoms with van der Waals surface area (Å²) < 4.78 is 6.48. The number of hydrogen-bond donors (Lipinski definition) is 1. The Labute approximate surface area is 256 Å². The number of carbonyl (C=O) groups excluding carboxylic acids is 1. The molecule has 2 aliphatic heterocycles. The van der Waals surface area contributed by atoms with Gasteiger partial charge in [-0.15, -0.1) is 0 Å². The second-order valence-corrected chi connectivity index (χ2v) is 12.0. The second-order valence-electron chi connectivity index (χ2n) is 12.0. The van der Waals surface area contributed by atoms with E-state index in [4.69, 9.17) is 9.51 Å². The predicted molar refractivity (Wildman–Crippen MR) is 168 cm³/mol. The maximum Gasteiger partial charge on any atom is 0.439 e. The molecular weight excluding hydrogens is 556 g/mol. The molecule has 0 spiro atoms. The summed E-state index contributed by atoms with van der Waals surface area (Å²) in [6.07, 6.45) is 6.28. The van der Waals surface area contributed by atoms with Crippen molar-refractivity contribution in [3.05, 3.63) is 92.1 Å². The molecule has 10 heteroatoms. The largest absolute Gasteiger partial charge is 0.439 e. The number of aryl methyl sites for hydroxylation is 2. The van der Waals surface area contributed by atoms with Crippen LogP contribution in [0.4, 0.5) is 0 Å². The number of benzene rings is 2. The van der Waals surface area contributed by atoms with Crippen LogP contribution in [0.25, 0.3) is 22.5 Å². The SMILES string of the molecule is CCCCc1nc(C)c(CC(=O)N2CCN3CCCCC3C2)c(=O)n1Cc1ccc(-c2ccccc2-c2noc(=O)[nH]2)cc1. The molecular formula is C34H40N6O4. The van der Waals surface area contributed by atoms with Gasteiger partial charge in [-0.2, -0.15) is 0 Å². The van der Waals surface area contributed by atoms with E-state index in [1.807, 2.05) is 60.4 Å². The van der Waals surface area contributed by atoms with Crippen LogP contribution in [0.3, 0.4) is 0 Å². The minimum Gasteiger partial charge on any atom is -0.340 e. The normalized spacial score (nSPS) is 17.0. The van der Waals surface area contributed by atoms with Crippen molar-refractivity contribution >= 4 is 5.91 Å². The number of unbranched alkanes of at least 4 members (excludes halogenated alkanes) is 1. The molecule has 1 unspecified atom stereocenters. The summed E-state index contributed by atoms with van der Waals surface area (Å²) in [5.74, 6) is 0.539. The Morgan fingerprint density at radius 3 is 2.57 bits per heavy atom. The number of hydrogen-bond acceptors (Lipinski definition) is 7. The van der Waals surface area contributed by atoms with Crippen LogP contribution >= 0.6 is 0 Å². The minimum absolute atomic E-state index is 0.0153. The highest BCUT2D eigenvalue weighted by atomic mass is 16.5. The molecule has 1 N–H and O–H groups in total. The molecule has 2 aliphatic rings. The van der Waals surface area contributed by atoms with Crippen LogP contribution in [0.5, 0.6) is 0 Å². The third-order valence-electron chi connectivity index (χ3n) is 9.05. The summed E-state index contributed by atoms with van der Waals surface area (Å²) in [6.45, 7) is 7.84. The number of aromatic nitrogens is 4. The van der Waals surface area contributed by atoms with Gasteiger partial charge in [0.25, 0.3) is 5.56 Å². The first-order valence-corrected chi connectivity index (χ1v) is 15.8. The number of H-pyrrole nitrogens is 1. The standard InChI is InChI=1S/C34H40N6O4/c1-3-4-12-30-35-23(2)29(20-31(41)39-19-18-38-17-8-7-9-26(38)22-39)33(42)40(30)21-24-13-15-25(16-14-24)27-10-5-6-11-28(27)32-36-34(43)44-37-32/h5-6,10-11,13-16,26H,3-4,7-9,12,17-22H2,1-2H3,(H,36,37,43). The Hall–Kier alpha value is -4.31. The highest BCUT2D eigenvalue weighted by Crippen LogP contribution is 2.30. The lowest BCUT2D eigenvalue weighted by atomic mass is 9.98. The minimum atomic E-state index is -0.603. The summed E-state index contributed by atoms with van der Waals surface area (Å²) in [5, 5.41) is 3.86. The number of amides is 1. The lowest BCUT2D eigenvalue weighted by Crippen LogP contribution is -2.56. The van der Waals surface area contributed by atoms with Crippen molar-refractivity contribution in [2.75, 3.05) is 26.2 Å². The zero-order valence-electron chi connectivity index (χ0n) is 25.6. The maximum absolute atomic E-state index is 14.0. The van der Waals surface area contributed by atoms with Crippen molar-refractivity contribution in [1.82, 2.24) is 29.5 Å². The van der Waals surface area contributed by atoms with E-state index < -0.39 is 5.76 Å². The second kappa shape index (κ2) is 13.1. The Balaban J connectivity index is 1.25. The molecule has 6 rings (SSSR count). The van der Waals surface area contributed by atoms with Crippen molar-refractivity contribution < 1.29 is 9.32 Å². The lowest BCUT2D eigenvalue weighted by Gasteiger charge is -2.44. The van der Waals surface area contributed by atoms with Gasteiger partial charge in [-0.1, -0.05) is 73.5 Å². The molecule has 0 saturated carbocycles. The van der Waals surface area contributed by atoms with Crippen molar-refractivity contribution in [3.63, 3.8) is 0 Å². The van der Waals surface area contributed by atoms with Gasteiger partial charge in [-0.25, -0.2) is 9.78 Å². The van der Waals surface area contributed by atoms with Crippen LogP contribution in [0.2, 0.25) is 0 Å². The fourth-order valence-electron chi connectivity index (χ4n) is 6.55. The summed E-state index contributed by atoms with van der Waals surface area (Å²) in [6, 6.07) is 16.1. The molecule has 10 nitrogen and oxygen atoms in total. The number of piperazine rings is 1. The average Bonchev–Trinajstić information content (AvgIpc) is 3.49. The Kier molecular flexibility index (Phi) is 8.88. The van der Waals surface area contributed by atoms with E-state index in [0.29, 0.717) is 42.6 Å². The van der Waals surface area contributed by atoms with Crippen molar-refractivity contribution in [2.24, 2.45) is 0 Å². The predicted octanol–water partition coefficient (Wildman–Crippen LogP) is 4.19. The van der Waals surface area contributed by atoms with Crippen molar-refractivity contribution in [3.8, 4) is 22.5 Å². The van der Waals surface area contributed by atoms with E-state index in [9.17, 15) is 14.4 Å². The third-order valence-corrected chi connectivity index (χ3v) is 9.05. The fraction of sp³-hybridized carbons (Fsp3) is 0.441. The van der Waals surface area contributed by atoms with E-state index in [1.165, 1.54) is 12.8 Å². The molecule has 2 aromatic heterocycles. The zero-order valence-corrected chi connectivity index (χ0v) is 25.6. The van der Waals surface area contributed by atoms with Gasteiger partial charge in [0.05, 0.1) is 13.0 Å². The Morgan fingerprint density at radius 1 is 1.02 bits per heavy atom. The van der Waals surface area contributed by atoms with Gasteiger partial charge in [0.2, 0.25) is 5.91 Å². The van der Waals surface area contributed by atoms with E-state index in [0.717, 1.165) is 67.0 Å². The van der Waals surface area contributed by atoms with E-state index in [1.54, 1.807) is 4.57 Å². The van der Waals surface area contributed by atoms with Crippen LogP contribution < -0.4 is 11.3 Å². The first-order valence-electron chi connectivity index (χ1n) is 15.8. The van der Waals surface area contributed by atoms with Gasteiger partial charge in [0, 0.05) is 48.9 Å². The van der Waals surface area contributed by atoms with Gasteiger partial charge < -0.3 is 4.90 Å². The molecule has 4 heterocycles. The monoisotopic (exact) mass is 596 g/mol. The lowest BCUT2D eigenvalue weighted by molar-refractivity contribution is -0.134.